The normalized spacial score (nSPS) is 14.1. The Bertz CT molecular complexity index is 1740. The molecule has 1 aliphatic rings. The zero-order chi connectivity index (χ0) is 30.0. The van der Waals surface area contributed by atoms with Crippen molar-refractivity contribution >= 4 is 28.6 Å². The smallest absolute Gasteiger partial charge is 0.354 e. The number of urea groups is 1. The Hall–Kier alpha value is -5.00. The molecule has 1 N–H and O–H groups in total. The Morgan fingerprint density at radius 1 is 0.977 bits per heavy atom. The molecular weight excluding hydrogens is 559 g/mol. The third-order valence-corrected chi connectivity index (χ3v) is 7.34. The van der Waals surface area contributed by atoms with Gasteiger partial charge in [0.2, 0.25) is 0 Å². The predicted octanol–water partition coefficient (Wildman–Crippen LogP) is 6.34. The molecule has 0 spiro atoms. The summed E-state index contributed by atoms with van der Waals surface area (Å²) in [7, 11) is 0. The van der Waals surface area contributed by atoms with Crippen molar-refractivity contribution in [1.82, 2.24) is 25.0 Å². The number of nitrogens with zero attached hydrogens (tertiary/aromatic N) is 6. The SMILES string of the molecule is Cc1ccc(Cc2nc(N3CCCN(C(=O)Nc4ccccc4C(F)(F)F)CC3)c3c(-c4cccnc4)noc3n2)cc1. The quantitative estimate of drug-likeness (QED) is 0.256. The van der Waals surface area contributed by atoms with Crippen molar-refractivity contribution in [3.8, 4) is 11.3 Å². The van der Waals surface area contributed by atoms with Gasteiger partial charge in [-0.15, -0.1) is 0 Å². The lowest BCUT2D eigenvalue weighted by Gasteiger charge is -2.24. The predicted molar refractivity (Wildman–Crippen MR) is 156 cm³/mol. The molecule has 2 amide bonds. The molecule has 0 unspecified atom stereocenters. The Kier molecular flexibility index (Phi) is 7.66. The van der Waals surface area contributed by atoms with E-state index < -0.39 is 17.8 Å². The number of halogens is 3. The second-order valence-electron chi connectivity index (χ2n) is 10.4. The van der Waals surface area contributed by atoms with Gasteiger partial charge in [0, 0.05) is 50.6 Å². The summed E-state index contributed by atoms with van der Waals surface area (Å²) in [6.45, 7) is 3.60. The first-order valence-corrected chi connectivity index (χ1v) is 13.9. The zero-order valence-corrected chi connectivity index (χ0v) is 23.3. The Labute approximate surface area is 245 Å². The van der Waals surface area contributed by atoms with Gasteiger partial charge in [-0.2, -0.15) is 18.2 Å². The number of benzene rings is 2. The van der Waals surface area contributed by atoms with E-state index in [-0.39, 0.29) is 12.2 Å². The van der Waals surface area contributed by atoms with Crippen molar-refractivity contribution in [2.75, 3.05) is 36.4 Å². The Morgan fingerprint density at radius 3 is 2.56 bits per heavy atom. The fraction of sp³-hybridized carbons (Fsp3) is 0.258. The Morgan fingerprint density at radius 2 is 1.79 bits per heavy atom. The summed E-state index contributed by atoms with van der Waals surface area (Å²) in [5.74, 6) is 1.18. The van der Waals surface area contributed by atoms with E-state index in [9.17, 15) is 18.0 Å². The third-order valence-electron chi connectivity index (χ3n) is 7.34. The van der Waals surface area contributed by atoms with Crippen molar-refractivity contribution in [3.63, 3.8) is 0 Å². The summed E-state index contributed by atoms with van der Waals surface area (Å²) in [6, 6.07) is 16.2. The van der Waals surface area contributed by atoms with E-state index in [2.05, 4.69) is 25.3 Å². The molecule has 0 radical (unpaired) electrons. The largest absolute Gasteiger partial charge is 0.418 e. The highest BCUT2D eigenvalue weighted by Gasteiger charge is 2.34. The maximum absolute atomic E-state index is 13.5. The van der Waals surface area contributed by atoms with Crippen LogP contribution in [0, 0.1) is 6.92 Å². The summed E-state index contributed by atoms with van der Waals surface area (Å²) >= 11 is 0. The number of pyridine rings is 1. The molecule has 220 valence electrons. The number of hydrogen-bond donors (Lipinski definition) is 1. The maximum atomic E-state index is 13.5. The van der Waals surface area contributed by atoms with Crippen molar-refractivity contribution in [2.45, 2.75) is 25.9 Å². The lowest BCUT2D eigenvalue weighted by Crippen LogP contribution is -2.38. The van der Waals surface area contributed by atoms with Crippen molar-refractivity contribution in [3.05, 3.63) is 95.6 Å². The van der Waals surface area contributed by atoms with Gasteiger partial charge in [-0.1, -0.05) is 47.1 Å². The van der Waals surface area contributed by atoms with Gasteiger partial charge >= 0.3 is 12.2 Å². The number of amides is 2. The number of nitrogens with one attached hydrogen (secondary N) is 1. The van der Waals surface area contributed by atoms with Crippen LogP contribution in [0.2, 0.25) is 0 Å². The molecule has 2 aromatic carbocycles. The van der Waals surface area contributed by atoms with Crippen molar-refractivity contribution < 1.29 is 22.5 Å². The molecule has 5 aromatic rings. The first kappa shape index (κ1) is 28.1. The van der Waals surface area contributed by atoms with Gasteiger partial charge in [-0.05, 0) is 43.2 Å². The van der Waals surface area contributed by atoms with Crippen LogP contribution in [0.3, 0.4) is 0 Å². The van der Waals surface area contributed by atoms with Gasteiger partial charge in [0.25, 0.3) is 5.71 Å². The number of aryl methyl sites for hydroxylation is 1. The molecule has 6 rings (SSSR count). The van der Waals surface area contributed by atoms with E-state index in [0.717, 1.165) is 22.8 Å². The first-order valence-electron chi connectivity index (χ1n) is 13.9. The molecule has 0 saturated carbocycles. The fourth-order valence-electron chi connectivity index (χ4n) is 5.14. The molecule has 0 aliphatic carbocycles. The second kappa shape index (κ2) is 11.7. The average molecular weight is 588 g/mol. The molecular formula is C31H28F3N7O2. The fourth-order valence-corrected chi connectivity index (χ4v) is 5.14. The van der Waals surface area contributed by atoms with E-state index >= 15 is 0 Å². The molecule has 1 saturated heterocycles. The lowest BCUT2D eigenvalue weighted by molar-refractivity contribution is -0.136. The van der Waals surface area contributed by atoms with E-state index in [0.29, 0.717) is 60.9 Å². The summed E-state index contributed by atoms with van der Waals surface area (Å²) in [5.41, 5.74) is 2.68. The number of carbonyl (C=O) groups excluding carboxylic acids is 1. The first-order chi connectivity index (χ1) is 20.8. The van der Waals surface area contributed by atoms with Gasteiger partial charge in [0.05, 0.1) is 11.3 Å². The molecule has 4 heterocycles. The summed E-state index contributed by atoms with van der Waals surface area (Å²) in [5, 5.41) is 7.40. The van der Waals surface area contributed by atoms with Crippen LogP contribution in [0.1, 0.15) is 28.9 Å². The monoisotopic (exact) mass is 587 g/mol. The summed E-state index contributed by atoms with van der Waals surface area (Å²) < 4.78 is 46.2. The van der Waals surface area contributed by atoms with Crippen LogP contribution in [0.25, 0.3) is 22.4 Å². The van der Waals surface area contributed by atoms with Gasteiger partial charge < -0.3 is 19.6 Å². The number of rotatable bonds is 5. The van der Waals surface area contributed by atoms with E-state index in [1.54, 1.807) is 12.4 Å². The van der Waals surface area contributed by atoms with Crippen LogP contribution in [0.4, 0.5) is 29.5 Å². The minimum absolute atomic E-state index is 0.270. The van der Waals surface area contributed by atoms with E-state index in [4.69, 9.17) is 9.51 Å². The van der Waals surface area contributed by atoms with Crippen LogP contribution < -0.4 is 10.2 Å². The highest BCUT2D eigenvalue weighted by atomic mass is 19.4. The third kappa shape index (κ3) is 6.13. The number of anilines is 2. The van der Waals surface area contributed by atoms with E-state index in [1.165, 1.54) is 23.1 Å². The van der Waals surface area contributed by atoms with Crippen LogP contribution in [-0.4, -0.2) is 57.2 Å². The molecule has 0 bridgehead atoms. The minimum Gasteiger partial charge on any atom is -0.354 e. The highest BCUT2D eigenvalue weighted by Crippen LogP contribution is 2.36. The molecule has 0 atom stereocenters. The molecule has 1 fully saturated rings. The molecule has 1 aliphatic heterocycles. The van der Waals surface area contributed by atoms with Crippen LogP contribution in [0.5, 0.6) is 0 Å². The number of para-hydroxylation sites is 1. The molecule has 12 heteroatoms. The molecule has 43 heavy (non-hydrogen) atoms. The number of alkyl halides is 3. The van der Waals surface area contributed by atoms with Crippen LogP contribution in [-0.2, 0) is 12.6 Å². The number of aromatic nitrogens is 4. The standard InChI is InChI=1S/C31H28F3N7O2/c1-20-9-11-21(12-10-20)18-25-37-28(26-27(39-43-29(26)38-25)22-6-4-13-35-19-22)40-14-5-15-41(17-16-40)30(42)36-24-8-3-2-7-23(24)31(32,33)34/h2-4,6-13,19H,5,14-18H2,1H3,(H,36,42). The molecule has 3 aromatic heterocycles. The van der Waals surface area contributed by atoms with Gasteiger partial charge in [-0.25, -0.2) is 9.78 Å². The van der Waals surface area contributed by atoms with Gasteiger partial charge in [0.15, 0.2) is 0 Å². The second-order valence-corrected chi connectivity index (χ2v) is 10.4. The topological polar surface area (TPSA) is 100 Å². The highest BCUT2D eigenvalue weighted by molar-refractivity contribution is 5.98. The molecule has 9 nitrogen and oxygen atoms in total. The lowest BCUT2D eigenvalue weighted by atomic mass is 10.1. The van der Waals surface area contributed by atoms with E-state index in [1.807, 2.05) is 43.3 Å². The van der Waals surface area contributed by atoms with Crippen LogP contribution >= 0.6 is 0 Å². The zero-order valence-electron chi connectivity index (χ0n) is 23.3. The van der Waals surface area contributed by atoms with Crippen molar-refractivity contribution in [1.29, 1.82) is 0 Å². The van der Waals surface area contributed by atoms with Crippen molar-refractivity contribution in [2.24, 2.45) is 0 Å². The minimum atomic E-state index is -4.58. The average Bonchev–Trinajstić information content (AvgIpc) is 3.26. The number of hydrogen-bond acceptors (Lipinski definition) is 7. The van der Waals surface area contributed by atoms with Gasteiger partial charge in [0.1, 0.15) is 22.7 Å². The summed E-state index contributed by atoms with van der Waals surface area (Å²) in [4.78, 5) is 30.5. The number of fused-ring (bicyclic) bond motifs is 1. The van der Waals surface area contributed by atoms with Crippen LogP contribution in [0.15, 0.2) is 77.6 Å². The maximum Gasteiger partial charge on any atom is 0.418 e. The number of carbonyl (C=O) groups is 1. The summed E-state index contributed by atoms with van der Waals surface area (Å²) in [6.07, 6.45) is -0.175. The van der Waals surface area contributed by atoms with Gasteiger partial charge in [-0.3, -0.25) is 4.98 Å². The Balaban J connectivity index is 1.29.